The second-order valence-electron chi connectivity index (χ2n) is 4.55. The highest BCUT2D eigenvalue weighted by atomic mass is 16.4. The highest BCUT2D eigenvalue weighted by Gasteiger charge is 2.08. The molecule has 0 unspecified atom stereocenters. The lowest BCUT2D eigenvalue weighted by Gasteiger charge is -1.95. The van der Waals surface area contributed by atoms with E-state index in [4.69, 9.17) is 10.2 Å². The molecule has 6 heteroatoms. The Morgan fingerprint density at radius 2 is 1.35 bits per heavy atom. The van der Waals surface area contributed by atoms with E-state index in [-0.39, 0.29) is 12.2 Å². The van der Waals surface area contributed by atoms with E-state index in [1.54, 1.807) is 0 Å². The number of aliphatic carboxylic acids is 2. The number of carboxylic acids is 2. The highest BCUT2D eigenvalue weighted by Crippen LogP contribution is 2.04. The number of ketones is 2. The van der Waals surface area contributed by atoms with Crippen molar-refractivity contribution in [2.45, 2.75) is 65.2 Å². The Hall–Kier alpha value is -1.72. The molecule has 0 amide bonds. The van der Waals surface area contributed by atoms with Crippen LogP contribution in [-0.4, -0.2) is 33.7 Å². The Labute approximate surface area is 119 Å². The predicted molar refractivity (Wildman–Crippen MR) is 73.6 cm³/mol. The van der Waals surface area contributed by atoms with Crippen molar-refractivity contribution in [2.24, 2.45) is 0 Å². The number of hydrogen-bond acceptors (Lipinski definition) is 4. The summed E-state index contributed by atoms with van der Waals surface area (Å²) >= 11 is 0. The van der Waals surface area contributed by atoms with Gasteiger partial charge in [0.1, 0.15) is 12.2 Å². The van der Waals surface area contributed by atoms with Crippen LogP contribution in [0.3, 0.4) is 0 Å². The van der Waals surface area contributed by atoms with Crippen LogP contribution in [0.25, 0.3) is 0 Å². The molecule has 0 aromatic carbocycles. The van der Waals surface area contributed by atoms with Gasteiger partial charge in [0, 0.05) is 6.42 Å². The van der Waals surface area contributed by atoms with Crippen molar-refractivity contribution in [1.82, 2.24) is 0 Å². The van der Waals surface area contributed by atoms with E-state index in [2.05, 4.69) is 6.92 Å². The summed E-state index contributed by atoms with van der Waals surface area (Å²) in [6.07, 6.45) is 5.06. The zero-order valence-electron chi connectivity index (χ0n) is 12.2. The predicted octanol–water partition coefficient (Wildman–Crippen LogP) is 2.44. The minimum atomic E-state index is -1.19. The van der Waals surface area contributed by atoms with Crippen molar-refractivity contribution >= 4 is 23.5 Å². The van der Waals surface area contributed by atoms with Gasteiger partial charge in [-0.1, -0.05) is 32.6 Å². The molecular weight excluding hydrogens is 264 g/mol. The smallest absolute Gasteiger partial charge is 0.310 e. The average Bonchev–Trinajstić information content (AvgIpc) is 2.26. The van der Waals surface area contributed by atoms with Gasteiger partial charge in [0.05, 0.1) is 6.42 Å². The van der Waals surface area contributed by atoms with E-state index in [1.165, 1.54) is 26.2 Å². The molecule has 0 radical (unpaired) electrons. The van der Waals surface area contributed by atoms with Gasteiger partial charge in [0.15, 0.2) is 5.78 Å². The molecule has 0 atom stereocenters. The van der Waals surface area contributed by atoms with E-state index in [9.17, 15) is 19.2 Å². The SMILES string of the molecule is CC(=O)CC(=O)CC(=O)O.CCCCCCCC(=O)O. The third kappa shape index (κ3) is 21.6. The van der Waals surface area contributed by atoms with Crippen molar-refractivity contribution < 1.29 is 29.4 Å². The van der Waals surface area contributed by atoms with Gasteiger partial charge in [-0.2, -0.15) is 0 Å². The first kappa shape index (κ1) is 20.6. The molecule has 0 fully saturated rings. The molecule has 0 heterocycles. The van der Waals surface area contributed by atoms with Crippen molar-refractivity contribution in [2.75, 3.05) is 0 Å². The van der Waals surface area contributed by atoms with Crippen LogP contribution in [0.2, 0.25) is 0 Å². The lowest BCUT2D eigenvalue weighted by atomic mass is 10.1. The Balaban J connectivity index is 0. The summed E-state index contributed by atoms with van der Waals surface area (Å²) in [6, 6.07) is 0. The van der Waals surface area contributed by atoms with Crippen LogP contribution < -0.4 is 0 Å². The van der Waals surface area contributed by atoms with Crippen LogP contribution in [0.15, 0.2) is 0 Å². The van der Waals surface area contributed by atoms with E-state index >= 15 is 0 Å². The second-order valence-corrected chi connectivity index (χ2v) is 4.55. The summed E-state index contributed by atoms with van der Waals surface area (Å²) in [5.74, 6) is -2.70. The van der Waals surface area contributed by atoms with Crippen molar-refractivity contribution in [1.29, 1.82) is 0 Å². The Morgan fingerprint density at radius 1 is 0.800 bits per heavy atom. The quantitative estimate of drug-likeness (QED) is 0.472. The molecule has 0 spiro atoms. The standard InChI is InChI=1S/C8H16O2.C6H8O4/c1-2-3-4-5-6-7-8(9)10;1-4(7)2-5(8)3-6(9)10/h2-7H2,1H3,(H,9,10);2-3H2,1H3,(H,9,10). The molecule has 0 aliphatic heterocycles. The monoisotopic (exact) mass is 288 g/mol. The number of carbonyl (C=O) groups excluding carboxylic acids is 2. The van der Waals surface area contributed by atoms with E-state index in [1.807, 2.05) is 0 Å². The van der Waals surface area contributed by atoms with Gasteiger partial charge in [0.25, 0.3) is 0 Å². The minimum Gasteiger partial charge on any atom is -0.481 e. The van der Waals surface area contributed by atoms with Crippen molar-refractivity contribution in [3.63, 3.8) is 0 Å². The average molecular weight is 288 g/mol. The Morgan fingerprint density at radius 3 is 1.75 bits per heavy atom. The van der Waals surface area contributed by atoms with Gasteiger partial charge in [-0.05, 0) is 13.3 Å². The maximum Gasteiger partial charge on any atom is 0.310 e. The summed E-state index contributed by atoms with van der Waals surface area (Å²) in [4.78, 5) is 40.6. The molecular formula is C14H24O6. The largest absolute Gasteiger partial charge is 0.481 e. The second kappa shape index (κ2) is 13.7. The first-order chi connectivity index (χ1) is 9.29. The van der Waals surface area contributed by atoms with Crippen LogP contribution in [0.4, 0.5) is 0 Å². The Kier molecular flexibility index (Phi) is 14.1. The molecule has 0 rings (SSSR count). The fourth-order valence-electron chi connectivity index (χ4n) is 1.39. The third-order valence-corrected chi connectivity index (χ3v) is 2.29. The maximum absolute atomic E-state index is 10.5. The zero-order chi connectivity index (χ0) is 16.0. The lowest BCUT2D eigenvalue weighted by Crippen LogP contribution is -2.09. The number of unbranched alkanes of at least 4 members (excludes halogenated alkanes) is 4. The lowest BCUT2D eigenvalue weighted by molar-refractivity contribution is -0.141. The topological polar surface area (TPSA) is 109 Å². The van der Waals surface area contributed by atoms with Gasteiger partial charge in [-0.25, -0.2) is 0 Å². The molecule has 116 valence electrons. The molecule has 2 N–H and O–H groups in total. The molecule has 0 aromatic heterocycles. The normalized spacial score (nSPS) is 9.30. The molecule has 0 aromatic rings. The van der Waals surface area contributed by atoms with E-state index < -0.39 is 24.1 Å². The maximum atomic E-state index is 10.5. The molecule has 0 aliphatic rings. The zero-order valence-corrected chi connectivity index (χ0v) is 12.2. The van der Waals surface area contributed by atoms with Crippen LogP contribution in [0.5, 0.6) is 0 Å². The number of hydrogen-bond donors (Lipinski definition) is 2. The van der Waals surface area contributed by atoms with Crippen molar-refractivity contribution in [3.05, 3.63) is 0 Å². The minimum absolute atomic E-state index is 0.272. The molecule has 0 saturated carbocycles. The van der Waals surface area contributed by atoms with Gasteiger partial charge in [-0.15, -0.1) is 0 Å². The molecule has 0 bridgehead atoms. The first-order valence-corrected chi connectivity index (χ1v) is 6.74. The summed E-state index contributed by atoms with van der Waals surface area (Å²) in [5.41, 5.74) is 0. The molecule has 0 saturated heterocycles. The van der Waals surface area contributed by atoms with Gasteiger partial charge in [-0.3, -0.25) is 19.2 Å². The molecule has 0 aliphatic carbocycles. The highest BCUT2D eigenvalue weighted by molar-refractivity contribution is 6.04. The third-order valence-electron chi connectivity index (χ3n) is 2.29. The fourth-order valence-corrected chi connectivity index (χ4v) is 1.39. The summed E-state index contributed by atoms with van der Waals surface area (Å²) in [7, 11) is 0. The van der Waals surface area contributed by atoms with Gasteiger partial charge in [0.2, 0.25) is 0 Å². The molecule has 20 heavy (non-hydrogen) atoms. The van der Waals surface area contributed by atoms with Crippen LogP contribution in [0, 0.1) is 0 Å². The Bertz CT molecular complexity index is 304. The van der Waals surface area contributed by atoms with Gasteiger partial charge >= 0.3 is 11.9 Å². The van der Waals surface area contributed by atoms with Crippen molar-refractivity contribution in [3.8, 4) is 0 Å². The van der Waals surface area contributed by atoms with E-state index in [0.29, 0.717) is 6.42 Å². The van der Waals surface area contributed by atoms with Crippen LogP contribution in [0.1, 0.15) is 65.2 Å². The number of carbonyl (C=O) groups is 4. The summed E-state index contributed by atoms with van der Waals surface area (Å²) in [6.45, 7) is 3.40. The number of rotatable bonds is 10. The number of Topliss-reactive ketones (excluding diaryl/α,β-unsaturated/α-hetero) is 2. The summed E-state index contributed by atoms with van der Waals surface area (Å²) in [5, 5.41) is 16.3. The van der Waals surface area contributed by atoms with Crippen LogP contribution in [-0.2, 0) is 19.2 Å². The summed E-state index contributed by atoms with van der Waals surface area (Å²) < 4.78 is 0. The van der Waals surface area contributed by atoms with Gasteiger partial charge < -0.3 is 10.2 Å². The van der Waals surface area contributed by atoms with Crippen LogP contribution >= 0.6 is 0 Å². The van der Waals surface area contributed by atoms with E-state index in [0.717, 1.165) is 12.8 Å². The number of carboxylic acid groups (broad SMARTS) is 2. The first-order valence-electron chi connectivity index (χ1n) is 6.74. The molecule has 6 nitrogen and oxygen atoms in total. The fraction of sp³-hybridized carbons (Fsp3) is 0.714.